The number of aryl methyl sites for hydroxylation is 1. The van der Waals surface area contributed by atoms with E-state index in [-0.39, 0.29) is 0 Å². The number of nitrogens with two attached hydrogens (primary N) is 1. The van der Waals surface area contributed by atoms with E-state index in [2.05, 4.69) is 21.9 Å². The molecule has 4 nitrogen and oxygen atoms in total. The van der Waals surface area contributed by atoms with E-state index < -0.39 is 0 Å². The first kappa shape index (κ1) is 10.5. The van der Waals surface area contributed by atoms with Gasteiger partial charge < -0.3 is 5.73 Å². The van der Waals surface area contributed by atoms with Crippen LogP contribution in [-0.2, 0) is 6.42 Å². The second-order valence-corrected chi connectivity index (χ2v) is 3.59. The van der Waals surface area contributed by atoms with Crippen molar-refractivity contribution in [2.24, 2.45) is 0 Å². The van der Waals surface area contributed by atoms with Gasteiger partial charge in [-0.15, -0.1) is 0 Å². The number of rotatable bonds is 3. The van der Waals surface area contributed by atoms with E-state index in [1.165, 1.54) is 0 Å². The van der Waals surface area contributed by atoms with Crippen molar-refractivity contribution in [3.05, 3.63) is 36.4 Å². The lowest BCUT2D eigenvalue weighted by Gasteiger charge is -2.04. The van der Waals surface area contributed by atoms with E-state index in [1.54, 1.807) is 18.5 Å². The summed E-state index contributed by atoms with van der Waals surface area (Å²) in [7, 11) is 0. The molecule has 4 heteroatoms. The average molecular weight is 214 g/mol. The van der Waals surface area contributed by atoms with Gasteiger partial charge in [0.2, 0.25) is 0 Å². The second kappa shape index (κ2) is 4.70. The minimum Gasteiger partial charge on any atom is -0.384 e. The first-order valence-electron chi connectivity index (χ1n) is 5.33. The van der Waals surface area contributed by atoms with Crippen molar-refractivity contribution in [1.29, 1.82) is 0 Å². The van der Waals surface area contributed by atoms with Gasteiger partial charge in [0.15, 0.2) is 0 Å². The van der Waals surface area contributed by atoms with Crippen LogP contribution in [0.3, 0.4) is 0 Å². The van der Waals surface area contributed by atoms with Gasteiger partial charge >= 0.3 is 0 Å². The quantitative estimate of drug-likeness (QED) is 0.849. The Bertz CT molecular complexity index is 468. The summed E-state index contributed by atoms with van der Waals surface area (Å²) in [6.45, 7) is 2.09. The second-order valence-electron chi connectivity index (χ2n) is 3.59. The van der Waals surface area contributed by atoms with Crippen LogP contribution in [-0.4, -0.2) is 15.0 Å². The van der Waals surface area contributed by atoms with Crippen LogP contribution in [0.15, 0.2) is 30.6 Å². The van der Waals surface area contributed by atoms with Gasteiger partial charge in [-0.2, -0.15) is 0 Å². The summed E-state index contributed by atoms with van der Waals surface area (Å²) in [6, 6.07) is 5.62. The van der Waals surface area contributed by atoms with E-state index >= 15 is 0 Å². The number of hydrogen-bond donors (Lipinski definition) is 1. The largest absolute Gasteiger partial charge is 0.384 e. The Kier molecular flexibility index (Phi) is 3.10. The standard InChI is InChI=1S/C12H14N4/c1-2-4-12-15-10(7-11(13)16-12)9-5-3-6-14-8-9/h3,5-8H,2,4H2,1H3,(H2,13,15,16). The molecule has 2 N–H and O–H groups in total. The van der Waals surface area contributed by atoms with Crippen molar-refractivity contribution in [1.82, 2.24) is 15.0 Å². The van der Waals surface area contributed by atoms with Crippen molar-refractivity contribution in [2.75, 3.05) is 5.73 Å². The Balaban J connectivity index is 2.41. The minimum atomic E-state index is 0.511. The maximum absolute atomic E-state index is 5.76. The molecule has 0 bridgehead atoms. The zero-order valence-electron chi connectivity index (χ0n) is 9.22. The maximum Gasteiger partial charge on any atom is 0.131 e. The predicted octanol–water partition coefficient (Wildman–Crippen LogP) is 2.07. The van der Waals surface area contributed by atoms with E-state index in [9.17, 15) is 0 Å². The van der Waals surface area contributed by atoms with Gasteiger partial charge in [0.05, 0.1) is 5.69 Å². The summed E-state index contributed by atoms with van der Waals surface area (Å²) in [5, 5.41) is 0. The lowest BCUT2D eigenvalue weighted by molar-refractivity contribution is 0.839. The molecule has 2 aromatic rings. The molecule has 0 aliphatic rings. The van der Waals surface area contributed by atoms with Crippen LogP contribution in [0.25, 0.3) is 11.3 Å². The van der Waals surface area contributed by atoms with E-state index in [1.807, 2.05) is 12.1 Å². The molecule has 16 heavy (non-hydrogen) atoms. The number of aromatic nitrogens is 3. The fraction of sp³-hybridized carbons (Fsp3) is 0.250. The summed E-state index contributed by atoms with van der Waals surface area (Å²) in [5.74, 6) is 1.30. The zero-order chi connectivity index (χ0) is 11.4. The molecule has 82 valence electrons. The Morgan fingerprint density at radius 1 is 1.31 bits per heavy atom. The monoisotopic (exact) mass is 214 g/mol. The molecular formula is C12H14N4. The Labute approximate surface area is 94.6 Å². The Morgan fingerprint density at radius 2 is 2.19 bits per heavy atom. The van der Waals surface area contributed by atoms with Crippen molar-refractivity contribution >= 4 is 5.82 Å². The molecule has 0 amide bonds. The molecule has 0 spiro atoms. The molecule has 2 aromatic heterocycles. The molecular weight excluding hydrogens is 200 g/mol. The minimum absolute atomic E-state index is 0.511. The first-order chi connectivity index (χ1) is 7.79. The van der Waals surface area contributed by atoms with Crippen LogP contribution in [0.1, 0.15) is 19.2 Å². The molecule has 2 heterocycles. The first-order valence-corrected chi connectivity index (χ1v) is 5.33. The van der Waals surface area contributed by atoms with Crippen molar-refractivity contribution < 1.29 is 0 Å². The number of anilines is 1. The van der Waals surface area contributed by atoms with E-state index in [4.69, 9.17) is 5.73 Å². The summed E-state index contributed by atoms with van der Waals surface area (Å²) in [6.07, 6.45) is 5.37. The molecule has 0 radical (unpaired) electrons. The Morgan fingerprint density at radius 3 is 2.88 bits per heavy atom. The number of nitrogens with zero attached hydrogens (tertiary/aromatic N) is 3. The van der Waals surface area contributed by atoms with E-state index in [0.29, 0.717) is 5.82 Å². The topological polar surface area (TPSA) is 64.7 Å². The molecule has 0 aliphatic carbocycles. The predicted molar refractivity (Wildman–Crippen MR) is 63.7 cm³/mol. The molecule has 0 fully saturated rings. The number of nitrogen functional groups attached to an aromatic ring is 1. The third kappa shape index (κ3) is 2.34. The van der Waals surface area contributed by atoms with Gasteiger partial charge in [0.1, 0.15) is 11.6 Å². The fourth-order valence-electron chi connectivity index (χ4n) is 1.52. The number of hydrogen-bond acceptors (Lipinski definition) is 4. The molecule has 0 aromatic carbocycles. The summed E-state index contributed by atoms with van der Waals surface area (Å²) in [5.41, 5.74) is 7.56. The lowest BCUT2D eigenvalue weighted by atomic mass is 10.2. The average Bonchev–Trinajstić information content (AvgIpc) is 2.30. The van der Waals surface area contributed by atoms with Gasteiger partial charge in [-0.05, 0) is 18.6 Å². The normalized spacial score (nSPS) is 10.3. The van der Waals surface area contributed by atoms with Crippen LogP contribution in [0.5, 0.6) is 0 Å². The molecule has 0 aliphatic heterocycles. The highest BCUT2D eigenvalue weighted by Gasteiger charge is 2.04. The van der Waals surface area contributed by atoms with Gasteiger partial charge in [0.25, 0.3) is 0 Å². The molecule has 0 atom stereocenters. The Hall–Kier alpha value is -1.97. The third-order valence-electron chi connectivity index (χ3n) is 2.22. The highest BCUT2D eigenvalue weighted by Crippen LogP contribution is 2.17. The number of pyridine rings is 1. The SMILES string of the molecule is CCCc1nc(N)cc(-c2cccnc2)n1. The smallest absolute Gasteiger partial charge is 0.131 e. The van der Waals surface area contributed by atoms with Crippen LogP contribution < -0.4 is 5.73 Å². The van der Waals surface area contributed by atoms with Crippen molar-refractivity contribution in [3.8, 4) is 11.3 Å². The maximum atomic E-state index is 5.76. The molecule has 0 unspecified atom stereocenters. The van der Waals surface area contributed by atoms with Crippen LogP contribution in [0.2, 0.25) is 0 Å². The van der Waals surface area contributed by atoms with Crippen molar-refractivity contribution in [2.45, 2.75) is 19.8 Å². The molecule has 2 rings (SSSR count). The summed E-state index contributed by atoms with van der Waals surface area (Å²) < 4.78 is 0. The highest BCUT2D eigenvalue weighted by molar-refractivity contribution is 5.60. The van der Waals surface area contributed by atoms with Gasteiger partial charge in [-0.25, -0.2) is 9.97 Å². The van der Waals surface area contributed by atoms with Crippen LogP contribution in [0.4, 0.5) is 5.82 Å². The summed E-state index contributed by atoms with van der Waals surface area (Å²) >= 11 is 0. The lowest BCUT2D eigenvalue weighted by Crippen LogP contribution is -2.01. The fourth-order valence-corrected chi connectivity index (χ4v) is 1.52. The molecule has 0 saturated carbocycles. The highest BCUT2D eigenvalue weighted by atomic mass is 14.9. The van der Waals surface area contributed by atoms with Crippen LogP contribution in [0, 0.1) is 0 Å². The summed E-state index contributed by atoms with van der Waals surface area (Å²) in [4.78, 5) is 12.7. The van der Waals surface area contributed by atoms with Gasteiger partial charge in [-0.1, -0.05) is 6.92 Å². The van der Waals surface area contributed by atoms with Crippen LogP contribution >= 0.6 is 0 Å². The third-order valence-corrected chi connectivity index (χ3v) is 2.22. The van der Waals surface area contributed by atoms with E-state index in [0.717, 1.165) is 29.9 Å². The zero-order valence-corrected chi connectivity index (χ0v) is 9.22. The van der Waals surface area contributed by atoms with Crippen molar-refractivity contribution in [3.63, 3.8) is 0 Å². The molecule has 0 saturated heterocycles. The van der Waals surface area contributed by atoms with Gasteiger partial charge in [0, 0.05) is 30.4 Å². The van der Waals surface area contributed by atoms with Gasteiger partial charge in [-0.3, -0.25) is 4.98 Å².